The number of benzene rings is 1. The van der Waals surface area contributed by atoms with E-state index in [0.29, 0.717) is 13.0 Å². The molecule has 2 aromatic rings. The van der Waals surface area contributed by atoms with Gasteiger partial charge in [-0.3, -0.25) is 14.1 Å². The maximum absolute atomic E-state index is 12.1. The predicted molar refractivity (Wildman–Crippen MR) is 138 cm³/mol. The van der Waals surface area contributed by atoms with Gasteiger partial charge in [0.2, 0.25) is 11.8 Å². The van der Waals surface area contributed by atoms with Crippen molar-refractivity contribution < 1.29 is 32.5 Å². The van der Waals surface area contributed by atoms with Crippen molar-refractivity contribution in [2.45, 2.75) is 54.2 Å². The first kappa shape index (κ1) is 28.0. The number of aromatic nitrogens is 1. The summed E-state index contributed by atoms with van der Waals surface area (Å²) in [7, 11) is -2.09. The van der Waals surface area contributed by atoms with Crippen LogP contribution in [0.1, 0.15) is 49.8 Å². The maximum atomic E-state index is 12.1. The van der Waals surface area contributed by atoms with Crippen molar-refractivity contribution in [2.75, 3.05) is 11.9 Å². The number of nitrogens with zero attached hydrogens (tertiary/aromatic N) is 2. The van der Waals surface area contributed by atoms with Gasteiger partial charge in [-0.2, -0.15) is 8.42 Å². The number of aliphatic carboxylic acids is 1. The third kappa shape index (κ3) is 6.20. The molecule has 0 bridgehead atoms. The number of carbonyl (C=O) groups is 3. The summed E-state index contributed by atoms with van der Waals surface area (Å²) in [5, 5.41) is 14.0. The van der Waals surface area contributed by atoms with Gasteiger partial charge >= 0.3 is 16.1 Å². The molecule has 2 amide bonds. The van der Waals surface area contributed by atoms with Gasteiger partial charge in [-0.05, 0) is 60.7 Å². The van der Waals surface area contributed by atoms with Crippen molar-refractivity contribution in [3.63, 3.8) is 0 Å². The lowest BCUT2D eigenvalue weighted by Crippen LogP contribution is -2.61. The minimum atomic E-state index is -5.31. The van der Waals surface area contributed by atoms with Gasteiger partial charge in [0.05, 0.1) is 0 Å². The molecule has 2 heterocycles. The van der Waals surface area contributed by atoms with E-state index >= 15 is 0 Å². The number of rotatable bonds is 13. The Balaban J connectivity index is 1.62. The molecule has 10 nitrogen and oxygen atoms in total. The molecule has 1 saturated heterocycles. The van der Waals surface area contributed by atoms with Crippen LogP contribution in [0.3, 0.4) is 0 Å². The summed E-state index contributed by atoms with van der Waals surface area (Å²) in [5.74, 6) is -3.81. The van der Waals surface area contributed by atoms with Crippen LogP contribution in [0.15, 0.2) is 53.7 Å². The highest BCUT2D eigenvalue weighted by Crippen LogP contribution is 2.43. The van der Waals surface area contributed by atoms with Crippen molar-refractivity contribution in [3.8, 4) is 0 Å². The summed E-state index contributed by atoms with van der Waals surface area (Å²) in [6, 6.07) is 13.4. The zero-order valence-electron chi connectivity index (χ0n) is 19.5. The molecule has 0 saturated carbocycles. The Labute approximate surface area is 217 Å². The number of anilines is 1. The fourth-order valence-electron chi connectivity index (χ4n) is 3.94. The highest BCUT2D eigenvalue weighted by atomic mass is 33.1. The number of unbranched alkanes of at least 4 members (excludes halogenated alkanes) is 1. The Hall–Kier alpha value is -2.61. The standard InChI is InChI=1S/C23H27N3O7S3/c1-16(34-35-19-10-4-6-15-25-19)17-8-2-3-9-18(17)24-14-7-5-13-23(22(29)30,36(31,32)33)26-20(27)11-12-21(26)28/h2-4,6,8-10,15-16,24H,5,7,11-14H2,1H3,(H,29,30)(H,31,32,33). The molecule has 2 unspecified atom stereocenters. The van der Waals surface area contributed by atoms with Gasteiger partial charge in [0.15, 0.2) is 0 Å². The average molecular weight is 554 g/mol. The molecule has 3 rings (SSSR count). The topological polar surface area (TPSA) is 154 Å². The molecule has 1 fully saturated rings. The van der Waals surface area contributed by atoms with E-state index in [2.05, 4.69) is 17.2 Å². The number of carbonyl (C=O) groups excluding carboxylic acids is 2. The van der Waals surface area contributed by atoms with E-state index in [9.17, 15) is 32.5 Å². The van der Waals surface area contributed by atoms with Crippen LogP contribution in [0.4, 0.5) is 5.69 Å². The minimum absolute atomic E-state index is 0.0259. The first-order chi connectivity index (χ1) is 17.1. The van der Waals surface area contributed by atoms with Crippen LogP contribution < -0.4 is 5.32 Å². The third-order valence-electron chi connectivity index (χ3n) is 5.75. The van der Waals surface area contributed by atoms with Gasteiger partial charge in [-0.15, -0.1) is 0 Å². The van der Waals surface area contributed by atoms with Crippen molar-refractivity contribution in [1.29, 1.82) is 0 Å². The number of nitrogens with one attached hydrogen (secondary N) is 1. The van der Waals surface area contributed by atoms with E-state index in [0.717, 1.165) is 16.3 Å². The maximum Gasteiger partial charge on any atom is 0.348 e. The van der Waals surface area contributed by atoms with Gasteiger partial charge in [0.25, 0.3) is 4.87 Å². The zero-order chi connectivity index (χ0) is 26.3. The molecule has 3 N–H and O–H groups in total. The van der Waals surface area contributed by atoms with E-state index in [1.807, 2.05) is 42.5 Å². The lowest BCUT2D eigenvalue weighted by atomic mass is 10.1. The Morgan fingerprint density at radius 1 is 1.14 bits per heavy atom. The molecule has 0 spiro atoms. The Bertz CT molecular complexity index is 1190. The molecular formula is C23H27N3O7S3. The molecule has 13 heteroatoms. The van der Waals surface area contributed by atoms with Gasteiger partial charge in [0, 0.05) is 36.5 Å². The average Bonchev–Trinajstić information content (AvgIpc) is 3.17. The summed E-state index contributed by atoms with van der Waals surface area (Å²) >= 11 is 0. The SMILES string of the molecule is CC(SSc1ccccn1)c1ccccc1NCCCCC(C(=O)O)(N1C(=O)CCC1=O)S(=O)(=O)O. The molecule has 194 valence electrons. The largest absolute Gasteiger partial charge is 0.479 e. The highest BCUT2D eigenvalue weighted by Gasteiger charge is 2.60. The first-order valence-corrected chi connectivity index (χ1v) is 14.9. The summed E-state index contributed by atoms with van der Waals surface area (Å²) < 4.78 is 34.1. The van der Waals surface area contributed by atoms with Crippen LogP contribution in [0, 0.1) is 0 Å². The van der Waals surface area contributed by atoms with E-state index < -0.39 is 39.2 Å². The smallest absolute Gasteiger partial charge is 0.348 e. The Morgan fingerprint density at radius 2 is 1.81 bits per heavy atom. The highest BCUT2D eigenvalue weighted by molar-refractivity contribution is 8.76. The lowest BCUT2D eigenvalue weighted by molar-refractivity contribution is -0.157. The molecular weight excluding hydrogens is 526 g/mol. The van der Waals surface area contributed by atoms with E-state index in [4.69, 9.17) is 0 Å². The van der Waals surface area contributed by atoms with Crippen molar-refractivity contribution in [3.05, 3.63) is 54.2 Å². The fourth-order valence-corrected chi connectivity index (χ4v) is 7.13. The number of likely N-dealkylation sites (tertiary alicyclic amines) is 1. The van der Waals surface area contributed by atoms with Gasteiger partial charge in [-0.25, -0.2) is 14.7 Å². The van der Waals surface area contributed by atoms with Crippen LogP contribution in [0.2, 0.25) is 0 Å². The monoisotopic (exact) mass is 553 g/mol. The Morgan fingerprint density at radius 3 is 2.42 bits per heavy atom. The second-order valence-corrected chi connectivity index (χ2v) is 12.3. The number of para-hydroxylation sites is 1. The molecule has 1 aromatic carbocycles. The van der Waals surface area contributed by atoms with Crippen molar-refractivity contribution >= 4 is 55.2 Å². The van der Waals surface area contributed by atoms with Crippen molar-refractivity contribution in [1.82, 2.24) is 9.88 Å². The van der Waals surface area contributed by atoms with Crippen LogP contribution >= 0.6 is 21.6 Å². The summed E-state index contributed by atoms with van der Waals surface area (Å²) in [6.07, 6.45) is 0.888. The van der Waals surface area contributed by atoms with Crippen LogP contribution in [-0.4, -0.2) is 57.2 Å². The van der Waals surface area contributed by atoms with E-state index in [1.54, 1.807) is 27.8 Å². The minimum Gasteiger partial charge on any atom is -0.479 e. The molecule has 36 heavy (non-hydrogen) atoms. The van der Waals surface area contributed by atoms with Crippen molar-refractivity contribution in [2.24, 2.45) is 0 Å². The van der Waals surface area contributed by atoms with Crippen LogP contribution in [-0.2, 0) is 24.5 Å². The number of pyridine rings is 1. The number of carboxylic acid groups (broad SMARTS) is 1. The number of carboxylic acids is 1. The predicted octanol–water partition coefficient (Wildman–Crippen LogP) is 3.98. The lowest BCUT2D eigenvalue weighted by Gasteiger charge is -2.33. The molecule has 1 aromatic heterocycles. The van der Waals surface area contributed by atoms with Gasteiger partial charge in [0.1, 0.15) is 5.03 Å². The molecule has 2 atom stereocenters. The second-order valence-electron chi connectivity index (χ2n) is 8.15. The van der Waals surface area contributed by atoms with Crippen LogP contribution in [0.25, 0.3) is 0 Å². The summed E-state index contributed by atoms with van der Waals surface area (Å²) in [4.78, 5) is 37.8. The molecule has 0 radical (unpaired) electrons. The third-order valence-corrected chi connectivity index (χ3v) is 9.88. The van der Waals surface area contributed by atoms with Gasteiger partial charge in [-0.1, -0.05) is 35.1 Å². The second kappa shape index (κ2) is 12.1. The Kier molecular flexibility index (Phi) is 9.39. The quantitative estimate of drug-likeness (QED) is 0.143. The first-order valence-electron chi connectivity index (χ1n) is 11.2. The molecule has 1 aliphatic rings. The number of imide groups is 1. The summed E-state index contributed by atoms with van der Waals surface area (Å²) in [6.45, 7) is 2.45. The molecule has 1 aliphatic heterocycles. The number of hydrogen-bond donors (Lipinski definition) is 3. The van der Waals surface area contributed by atoms with Gasteiger partial charge < -0.3 is 10.4 Å². The van der Waals surface area contributed by atoms with E-state index in [-0.39, 0.29) is 29.4 Å². The fraction of sp³-hybridized carbons (Fsp3) is 0.391. The normalized spacial score (nSPS) is 16.6. The van der Waals surface area contributed by atoms with E-state index in [1.165, 1.54) is 0 Å². The zero-order valence-corrected chi connectivity index (χ0v) is 21.9. The van der Waals surface area contributed by atoms with Crippen LogP contribution in [0.5, 0.6) is 0 Å². The molecule has 0 aliphatic carbocycles. The number of amides is 2. The number of hydrogen-bond acceptors (Lipinski definition) is 9. The summed E-state index contributed by atoms with van der Waals surface area (Å²) in [5.41, 5.74) is 1.93.